The summed E-state index contributed by atoms with van der Waals surface area (Å²) in [6.07, 6.45) is -4.47. The number of nitrogens with one attached hydrogen (secondary N) is 1. The van der Waals surface area contributed by atoms with Crippen LogP contribution in [-0.4, -0.2) is 17.2 Å². The van der Waals surface area contributed by atoms with Gasteiger partial charge >= 0.3 is 6.18 Å². The van der Waals surface area contributed by atoms with Crippen molar-refractivity contribution in [3.63, 3.8) is 0 Å². The minimum absolute atomic E-state index is 0.0537. The smallest absolute Gasteiger partial charge is 0.417 e. The van der Waals surface area contributed by atoms with Gasteiger partial charge in [0.25, 0.3) is 5.91 Å². The molecule has 0 aliphatic carbocycles. The molecule has 156 valence electrons. The number of anilines is 1. The maximum Gasteiger partial charge on any atom is 0.417 e. The van der Waals surface area contributed by atoms with Gasteiger partial charge in [-0.05, 0) is 47.5 Å². The van der Waals surface area contributed by atoms with E-state index in [4.69, 9.17) is 9.88 Å². The Balaban J connectivity index is 1.82. The van der Waals surface area contributed by atoms with Crippen LogP contribution in [0.4, 0.5) is 18.9 Å². The first-order valence-electron chi connectivity index (χ1n) is 8.63. The van der Waals surface area contributed by atoms with E-state index >= 15 is 0 Å². The molecule has 0 aliphatic heterocycles. The van der Waals surface area contributed by atoms with Crippen LogP contribution < -0.4 is 15.2 Å². The van der Waals surface area contributed by atoms with Gasteiger partial charge in [-0.25, -0.2) is 9.35 Å². The van der Waals surface area contributed by atoms with Crippen LogP contribution in [0.15, 0.2) is 71.6 Å². The van der Waals surface area contributed by atoms with E-state index in [1.54, 1.807) is 0 Å². The fourth-order valence-electron chi connectivity index (χ4n) is 2.89. The topological polar surface area (TPSA) is 81.4 Å². The molecule has 0 bridgehead atoms. The normalized spacial score (nSPS) is 12.3. The monoisotopic (exact) mass is 434 g/mol. The van der Waals surface area contributed by atoms with E-state index in [9.17, 15) is 22.2 Å². The van der Waals surface area contributed by atoms with E-state index in [2.05, 4.69) is 5.32 Å². The molecule has 0 aliphatic rings. The largest absolute Gasteiger partial charge is 0.495 e. The van der Waals surface area contributed by atoms with Crippen molar-refractivity contribution < 1.29 is 26.9 Å². The van der Waals surface area contributed by atoms with E-state index in [0.717, 1.165) is 6.07 Å². The second kappa shape index (κ2) is 8.68. The maximum absolute atomic E-state index is 13.2. The van der Waals surface area contributed by atoms with Crippen LogP contribution in [0.1, 0.15) is 15.9 Å². The summed E-state index contributed by atoms with van der Waals surface area (Å²) in [6.45, 7) is 0. The van der Waals surface area contributed by atoms with Crippen LogP contribution in [0.25, 0.3) is 11.1 Å². The third kappa shape index (κ3) is 4.69. The van der Waals surface area contributed by atoms with Gasteiger partial charge in [-0.2, -0.15) is 13.2 Å². The number of ether oxygens (including phenoxy) is 1. The average molecular weight is 434 g/mol. The predicted molar refractivity (Wildman–Crippen MR) is 108 cm³/mol. The second-order valence-electron chi connectivity index (χ2n) is 6.24. The second-order valence-corrected chi connectivity index (χ2v) is 7.27. The predicted octanol–water partition coefficient (Wildman–Crippen LogP) is 4.61. The Bertz CT molecular complexity index is 1100. The van der Waals surface area contributed by atoms with Crippen molar-refractivity contribution >= 4 is 22.6 Å². The van der Waals surface area contributed by atoms with Crippen LogP contribution in [0.5, 0.6) is 5.75 Å². The number of alkyl halides is 3. The number of carbonyl (C=O) groups is 1. The van der Waals surface area contributed by atoms with Gasteiger partial charge in [-0.1, -0.05) is 30.3 Å². The van der Waals surface area contributed by atoms with Crippen molar-refractivity contribution in [1.82, 2.24) is 0 Å². The molecule has 30 heavy (non-hydrogen) atoms. The Morgan fingerprint density at radius 3 is 2.30 bits per heavy atom. The molecular formula is C21H17F3N2O3S. The molecule has 9 heteroatoms. The number of rotatable bonds is 5. The van der Waals surface area contributed by atoms with Crippen molar-refractivity contribution in [1.29, 1.82) is 0 Å². The molecule has 1 unspecified atom stereocenters. The summed E-state index contributed by atoms with van der Waals surface area (Å²) >= 11 is 0. The number of methoxy groups -OCH3 is 1. The molecule has 0 aromatic heterocycles. The summed E-state index contributed by atoms with van der Waals surface area (Å²) in [6, 6.07) is 15.6. The van der Waals surface area contributed by atoms with Gasteiger partial charge < -0.3 is 10.1 Å². The van der Waals surface area contributed by atoms with Crippen LogP contribution in [0.2, 0.25) is 0 Å². The fraction of sp³-hybridized carbons (Fsp3) is 0.0952. The lowest BCUT2D eigenvalue weighted by Gasteiger charge is -2.13. The van der Waals surface area contributed by atoms with Crippen LogP contribution in [0, 0.1) is 0 Å². The van der Waals surface area contributed by atoms with Gasteiger partial charge in [0.15, 0.2) is 0 Å². The summed E-state index contributed by atoms with van der Waals surface area (Å²) < 4.78 is 56.2. The molecule has 0 radical (unpaired) electrons. The van der Waals surface area contributed by atoms with Crippen molar-refractivity contribution in [2.75, 3.05) is 12.4 Å². The standard InChI is InChI=1S/C21H17F3N2O3S/c1-29-18-12-14(8-11-19(18)30(25)28)20(27)26-15-9-6-13(7-10-15)16-4-2-3-5-17(16)21(22,23)24/h2-12H,25H2,1H3,(H,26,27). The SMILES string of the molecule is COc1cc(C(=O)Nc2ccc(-c3ccccc3C(F)(F)F)cc2)ccc1S(N)=O. The fourth-order valence-corrected chi connectivity index (χ4v) is 3.44. The highest BCUT2D eigenvalue weighted by Crippen LogP contribution is 2.37. The average Bonchev–Trinajstić information content (AvgIpc) is 2.73. The first kappa shape index (κ1) is 21.5. The molecule has 0 spiro atoms. The molecular weight excluding hydrogens is 417 g/mol. The molecule has 1 amide bonds. The molecule has 5 nitrogen and oxygen atoms in total. The Morgan fingerprint density at radius 1 is 1.03 bits per heavy atom. The van der Waals surface area contributed by atoms with Gasteiger partial charge in [0.1, 0.15) is 16.7 Å². The molecule has 3 rings (SSSR count). The minimum Gasteiger partial charge on any atom is -0.495 e. The molecule has 1 atom stereocenters. The lowest BCUT2D eigenvalue weighted by molar-refractivity contribution is -0.137. The van der Waals surface area contributed by atoms with Crippen molar-refractivity contribution in [2.45, 2.75) is 11.1 Å². The number of hydrogen-bond acceptors (Lipinski definition) is 3. The summed E-state index contributed by atoms with van der Waals surface area (Å²) in [4.78, 5) is 12.7. The van der Waals surface area contributed by atoms with E-state index in [0.29, 0.717) is 11.3 Å². The molecule has 3 N–H and O–H groups in total. The van der Waals surface area contributed by atoms with Gasteiger partial charge in [-0.3, -0.25) is 4.79 Å². The third-order valence-corrected chi connectivity index (χ3v) is 5.10. The Kier molecular flexibility index (Phi) is 6.23. The van der Waals surface area contributed by atoms with Crippen LogP contribution in [-0.2, 0) is 17.2 Å². The first-order chi connectivity index (χ1) is 14.2. The molecule has 0 saturated carbocycles. The highest BCUT2D eigenvalue weighted by atomic mass is 32.2. The van der Waals surface area contributed by atoms with Gasteiger partial charge in [0.2, 0.25) is 0 Å². The maximum atomic E-state index is 13.2. The Labute approximate surface area is 173 Å². The number of amides is 1. The van der Waals surface area contributed by atoms with Gasteiger partial charge in [-0.15, -0.1) is 0 Å². The molecule has 0 saturated heterocycles. The molecule has 3 aromatic rings. The minimum atomic E-state index is -4.47. The number of nitrogens with two attached hydrogens (primary N) is 1. The number of halogens is 3. The molecule has 3 aromatic carbocycles. The summed E-state index contributed by atoms with van der Waals surface area (Å²) in [5, 5.41) is 8.02. The van der Waals surface area contributed by atoms with Crippen molar-refractivity contribution in [3.8, 4) is 16.9 Å². The van der Waals surface area contributed by atoms with Crippen molar-refractivity contribution in [3.05, 3.63) is 77.9 Å². The quantitative estimate of drug-likeness (QED) is 0.615. The summed E-state index contributed by atoms with van der Waals surface area (Å²) in [7, 11) is -0.400. The molecule has 0 heterocycles. The van der Waals surface area contributed by atoms with Gasteiger partial charge in [0.05, 0.1) is 17.6 Å². The van der Waals surface area contributed by atoms with Crippen LogP contribution in [0.3, 0.4) is 0 Å². The Hall–Kier alpha value is -3.17. The van der Waals surface area contributed by atoms with E-state index in [-0.39, 0.29) is 21.8 Å². The van der Waals surface area contributed by atoms with Crippen molar-refractivity contribution in [2.24, 2.45) is 5.14 Å². The molecule has 0 fully saturated rings. The zero-order valence-corrected chi connectivity index (χ0v) is 16.5. The summed E-state index contributed by atoms with van der Waals surface area (Å²) in [5.74, 6) is -0.256. The summed E-state index contributed by atoms with van der Waals surface area (Å²) in [5.41, 5.74) is 0.341. The van der Waals surface area contributed by atoms with Gasteiger partial charge in [0, 0.05) is 11.3 Å². The lowest BCUT2D eigenvalue weighted by atomic mass is 9.99. The third-order valence-electron chi connectivity index (χ3n) is 4.33. The highest BCUT2D eigenvalue weighted by molar-refractivity contribution is 7.82. The van der Waals surface area contributed by atoms with Crippen LogP contribution >= 0.6 is 0 Å². The Morgan fingerprint density at radius 2 is 1.70 bits per heavy atom. The first-order valence-corrected chi connectivity index (χ1v) is 9.84. The van der Waals surface area contributed by atoms with E-state index in [1.165, 1.54) is 67.8 Å². The van der Waals surface area contributed by atoms with E-state index < -0.39 is 28.6 Å². The highest BCUT2D eigenvalue weighted by Gasteiger charge is 2.33. The number of benzene rings is 3. The number of hydrogen-bond donors (Lipinski definition) is 2. The van der Waals surface area contributed by atoms with E-state index in [1.807, 2.05) is 0 Å². The zero-order chi connectivity index (χ0) is 21.9. The lowest BCUT2D eigenvalue weighted by Crippen LogP contribution is -2.13. The zero-order valence-electron chi connectivity index (χ0n) is 15.7. The number of carbonyl (C=O) groups excluding carboxylic acids is 1.